The molecular formula is C15H22. The maximum atomic E-state index is 3.89. The van der Waals surface area contributed by atoms with Gasteiger partial charge in [-0.05, 0) is 37.2 Å². The van der Waals surface area contributed by atoms with Gasteiger partial charge in [-0.15, -0.1) is 6.58 Å². The maximum absolute atomic E-state index is 3.89. The van der Waals surface area contributed by atoms with Gasteiger partial charge in [0.1, 0.15) is 0 Å². The molecule has 0 fully saturated rings. The van der Waals surface area contributed by atoms with Crippen molar-refractivity contribution >= 4 is 0 Å². The molecule has 0 aromatic heterocycles. The number of rotatable bonds is 5. The molecule has 0 atom stereocenters. The molecule has 0 aliphatic carbocycles. The zero-order chi connectivity index (χ0) is 11.3. The summed E-state index contributed by atoms with van der Waals surface area (Å²) < 4.78 is 0. The van der Waals surface area contributed by atoms with Gasteiger partial charge in [-0.2, -0.15) is 0 Å². The van der Waals surface area contributed by atoms with Crippen LogP contribution in [0, 0.1) is 6.92 Å². The van der Waals surface area contributed by atoms with Gasteiger partial charge in [-0.3, -0.25) is 0 Å². The molecule has 0 nitrogen and oxygen atoms in total. The molecule has 0 heterocycles. The van der Waals surface area contributed by atoms with Crippen LogP contribution in [0.3, 0.4) is 0 Å². The van der Waals surface area contributed by atoms with Crippen LogP contribution in [0.2, 0.25) is 0 Å². The minimum Gasteiger partial charge on any atom is -0.103 e. The summed E-state index contributed by atoms with van der Waals surface area (Å²) in [6.45, 7) is 10.6. The molecule has 0 amide bonds. The molecule has 0 unspecified atom stereocenters. The first-order valence-corrected chi connectivity index (χ1v) is 5.86. The van der Waals surface area contributed by atoms with Gasteiger partial charge in [0.15, 0.2) is 0 Å². The van der Waals surface area contributed by atoms with Crippen molar-refractivity contribution in [3.8, 4) is 0 Å². The first-order chi connectivity index (χ1) is 7.18. The van der Waals surface area contributed by atoms with Crippen LogP contribution in [0.4, 0.5) is 0 Å². The lowest BCUT2D eigenvalue weighted by atomic mass is 9.73. The predicted molar refractivity (Wildman–Crippen MR) is 68.3 cm³/mol. The number of allylic oxidation sites excluding steroid dienone is 1. The van der Waals surface area contributed by atoms with Crippen LogP contribution < -0.4 is 0 Å². The van der Waals surface area contributed by atoms with Crippen LogP contribution in [0.1, 0.15) is 44.2 Å². The lowest BCUT2D eigenvalue weighted by molar-refractivity contribution is 0.400. The van der Waals surface area contributed by atoms with Crippen molar-refractivity contribution < 1.29 is 0 Å². The van der Waals surface area contributed by atoms with Crippen LogP contribution in [0.15, 0.2) is 36.9 Å². The average Bonchev–Trinajstić information content (AvgIpc) is 2.26. The molecule has 0 saturated heterocycles. The van der Waals surface area contributed by atoms with Gasteiger partial charge in [0, 0.05) is 0 Å². The van der Waals surface area contributed by atoms with E-state index in [1.54, 1.807) is 0 Å². The summed E-state index contributed by atoms with van der Waals surface area (Å²) in [6.07, 6.45) is 5.48. The van der Waals surface area contributed by atoms with E-state index in [9.17, 15) is 0 Å². The lowest BCUT2D eigenvalue weighted by Gasteiger charge is -2.31. The highest BCUT2D eigenvalue weighted by molar-refractivity contribution is 5.30. The Labute approximate surface area is 94.0 Å². The van der Waals surface area contributed by atoms with E-state index >= 15 is 0 Å². The van der Waals surface area contributed by atoms with Crippen LogP contribution in [0.25, 0.3) is 0 Å². The third-order valence-electron chi connectivity index (χ3n) is 3.52. The molecule has 0 aliphatic heterocycles. The minimum atomic E-state index is 0.299. The maximum Gasteiger partial charge on any atom is -0.00178 e. The van der Waals surface area contributed by atoms with E-state index in [0.29, 0.717) is 5.41 Å². The molecule has 0 aliphatic rings. The summed E-state index contributed by atoms with van der Waals surface area (Å²) in [6, 6.07) is 8.89. The summed E-state index contributed by atoms with van der Waals surface area (Å²) in [5.74, 6) is 0. The fraction of sp³-hybridized carbons (Fsp3) is 0.467. The van der Waals surface area contributed by atoms with Crippen LogP contribution in [-0.4, -0.2) is 0 Å². The van der Waals surface area contributed by atoms with Gasteiger partial charge in [-0.1, -0.05) is 49.8 Å². The van der Waals surface area contributed by atoms with Crippen LogP contribution in [0.5, 0.6) is 0 Å². The van der Waals surface area contributed by atoms with Crippen molar-refractivity contribution in [1.82, 2.24) is 0 Å². The van der Waals surface area contributed by atoms with Crippen molar-refractivity contribution in [3.05, 3.63) is 48.0 Å². The Kier molecular flexibility index (Phi) is 4.14. The van der Waals surface area contributed by atoms with Crippen molar-refractivity contribution in [1.29, 1.82) is 0 Å². The topological polar surface area (TPSA) is 0 Å². The highest BCUT2D eigenvalue weighted by Crippen LogP contribution is 2.35. The first kappa shape index (κ1) is 12.0. The third-order valence-corrected chi connectivity index (χ3v) is 3.52. The second kappa shape index (κ2) is 5.16. The van der Waals surface area contributed by atoms with E-state index in [0.717, 1.165) is 6.42 Å². The molecule has 0 bridgehead atoms. The largest absolute Gasteiger partial charge is 0.103 e. The molecule has 0 radical (unpaired) electrons. The molecular weight excluding hydrogens is 180 g/mol. The number of hydrogen-bond acceptors (Lipinski definition) is 0. The summed E-state index contributed by atoms with van der Waals surface area (Å²) in [4.78, 5) is 0. The Morgan fingerprint density at radius 1 is 1.27 bits per heavy atom. The summed E-state index contributed by atoms with van der Waals surface area (Å²) in [5, 5.41) is 0. The van der Waals surface area contributed by atoms with Crippen molar-refractivity contribution in [2.45, 2.75) is 45.4 Å². The van der Waals surface area contributed by atoms with Gasteiger partial charge < -0.3 is 0 Å². The van der Waals surface area contributed by atoms with Gasteiger partial charge >= 0.3 is 0 Å². The Bertz CT molecular complexity index is 319. The predicted octanol–water partition coefficient (Wildman–Crippen LogP) is 4.63. The molecule has 0 spiro atoms. The SMILES string of the molecule is C=CCC(CC)(CC)c1cccc(C)c1. The lowest BCUT2D eigenvalue weighted by Crippen LogP contribution is -2.23. The van der Waals surface area contributed by atoms with Gasteiger partial charge in [-0.25, -0.2) is 0 Å². The summed E-state index contributed by atoms with van der Waals surface area (Å²) >= 11 is 0. The quantitative estimate of drug-likeness (QED) is 0.611. The van der Waals surface area contributed by atoms with E-state index < -0.39 is 0 Å². The molecule has 15 heavy (non-hydrogen) atoms. The summed E-state index contributed by atoms with van der Waals surface area (Å²) in [7, 11) is 0. The molecule has 1 aromatic carbocycles. The molecule has 0 N–H and O–H groups in total. The van der Waals surface area contributed by atoms with E-state index in [1.165, 1.54) is 24.0 Å². The van der Waals surface area contributed by atoms with Crippen LogP contribution >= 0.6 is 0 Å². The molecule has 1 rings (SSSR count). The smallest absolute Gasteiger partial charge is 0.00178 e. The van der Waals surface area contributed by atoms with E-state index in [4.69, 9.17) is 0 Å². The zero-order valence-electron chi connectivity index (χ0n) is 10.2. The van der Waals surface area contributed by atoms with E-state index in [-0.39, 0.29) is 0 Å². The van der Waals surface area contributed by atoms with Crippen molar-refractivity contribution in [2.24, 2.45) is 0 Å². The monoisotopic (exact) mass is 202 g/mol. The first-order valence-electron chi connectivity index (χ1n) is 5.86. The highest BCUT2D eigenvalue weighted by Gasteiger charge is 2.26. The second-order valence-corrected chi connectivity index (χ2v) is 4.35. The Balaban J connectivity index is 3.12. The molecule has 1 aromatic rings. The molecule has 0 heteroatoms. The Hall–Kier alpha value is -1.04. The Morgan fingerprint density at radius 2 is 1.93 bits per heavy atom. The second-order valence-electron chi connectivity index (χ2n) is 4.35. The zero-order valence-corrected chi connectivity index (χ0v) is 10.2. The normalized spacial score (nSPS) is 11.4. The fourth-order valence-corrected chi connectivity index (χ4v) is 2.32. The fourth-order valence-electron chi connectivity index (χ4n) is 2.32. The van der Waals surface area contributed by atoms with Crippen LogP contribution in [-0.2, 0) is 5.41 Å². The number of benzene rings is 1. The summed E-state index contributed by atoms with van der Waals surface area (Å²) in [5.41, 5.74) is 3.11. The van der Waals surface area contributed by atoms with Gasteiger partial charge in [0.2, 0.25) is 0 Å². The third kappa shape index (κ3) is 2.50. The highest BCUT2D eigenvalue weighted by atomic mass is 14.3. The standard InChI is InChI=1S/C15H22/c1-5-11-15(6-2,7-3)14-10-8-9-13(4)12-14/h5,8-10,12H,1,6-7,11H2,2-4H3. The van der Waals surface area contributed by atoms with E-state index in [2.05, 4.69) is 57.7 Å². The van der Waals surface area contributed by atoms with E-state index in [1.807, 2.05) is 0 Å². The van der Waals surface area contributed by atoms with Gasteiger partial charge in [0.25, 0.3) is 0 Å². The average molecular weight is 202 g/mol. The van der Waals surface area contributed by atoms with Gasteiger partial charge in [0.05, 0.1) is 0 Å². The number of aryl methyl sites for hydroxylation is 1. The number of hydrogen-bond donors (Lipinski definition) is 0. The molecule has 82 valence electrons. The molecule has 0 saturated carbocycles. The van der Waals surface area contributed by atoms with Crippen molar-refractivity contribution in [2.75, 3.05) is 0 Å². The minimum absolute atomic E-state index is 0.299. The van der Waals surface area contributed by atoms with Crippen molar-refractivity contribution in [3.63, 3.8) is 0 Å². The Morgan fingerprint density at radius 3 is 2.40 bits per heavy atom.